The highest BCUT2D eigenvalue weighted by Gasteiger charge is 2.26. The summed E-state index contributed by atoms with van der Waals surface area (Å²) in [6.45, 7) is 5.23. The molecule has 10 heteroatoms. The summed E-state index contributed by atoms with van der Waals surface area (Å²) in [5.74, 6) is 1.38. The maximum absolute atomic E-state index is 12.2. The van der Waals surface area contributed by atoms with E-state index in [1.807, 2.05) is 13.8 Å². The minimum atomic E-state index is -3.51. The van der Waals surface area contributed by atoms with Crippen LogP contribution < -0.4 is 15.4 Å². The van der Waals surface area contributed by atoms with E-state index in [9.17, 15) is 12.6 Å². The molecule has 1 aliphatic rings. The minimum absolute atomic E-state index is 0.223. The first-order chi connectivity index (χ1) is 13.4. The first kappa shape index (κ1) is 22.9. The van der Waals surface area contributed by atoms with Gasteiger partial charge in [-0.15, -0.1) is 0 Å². The summed E-state index contributed by atoms with van der Waals surface area (Å²) >= 11 is 0. The molecule has 0 amide bonds. The molecule has 1 saturated carbocycles. The van der Waals surface area contributed by atoms with Crippen LogP contribution in [0.1, 0.15) is 39.5 Å². The Morgan fingerprint density at radius 1 is 1.36 bits per heavy atom. The maximum Gasteiger partial charge on any atom is 0.242 e. The second-order valence-electron chi connectivity index (χ2n) is 6.97. The van der Waals surface area contributed by atoms with Gasteiger partial charge < -0.3 is 15.2 Å². The number of aliphatic imine (C=N–C) groups is 1. The fourth-order valence-electron chi connectivity index (χ4n) is 3.33. The van der Waals surface area contributed by atoms with Gasteiger partial charge in [-0.3, -0.25) is 9.20 Å². The molecule has 0 aromatic carbocycles. The summed E-state index contributed by atoms with van der Waals surface area (Å²) in [6, 6.07) is 1.81. The van der Waals surface area contributed by atoms with Gasteiger partial charge in [0.2, 0.25) is 10.0 Å². The van der Waals surface area contributed by atoms with E-state index < -0.39 is 20.8 Å². The molecular formula is C18H33N5O3S2. The molecule has 1 fully saturated rings. The van der Waals surface area contributed by atoms with Crippen molar-refractivity contribution in [2.45, 2.75) is 55.7 Å². The monoisotopic (exact) mass is 431 g/mol. The summed E-state index contributed by atoms with van der Waals surface area (Å²) in [6.07, 6.45) is 7.26. The summed E-state index contributed by atoms with van der Waals surface area (Å²) < 4.78 is 40.8. The zero-order chi connectivity index (χ0) is 20.6. The molecule has 1 aromatic rings. The molecule has 160 valence electrons. The van der Waals surface area contributed by atoms with E-state index in [0.29, 0.717) is 18.3 Å². The van der Waals surface area contributed by atoms with Crippen LogP contribution in [-0.2, 0) is 27.9 Å². The minimum Gasteiger partial charge on any atom is -0.357 e. The third-order valence-electron chi connectivity index (χ3n) is 4.76. The average molecular weight is 432 g/mol. The highest BCUT2D eigenvalue weighted by molar-refractivity contribution is 7.89. The van der Waals surface area contributed by atoms with Crippen LogP contribution in [0, 0.1) is 0 Å². The fraction of sp³-hybridized carbons (Fsp3) is 0.722. The molecular weight excluding hydrogens is 398 g/mol. The smallest absolute Gasteiger partial charge is 0.242 e. The van der Waals surface area contributed by atoms with Crippen molar-refractivity contribution < 1.29 is 12.6 Å². The number of guanidine groups is 1. The Balaban J connectivity index is 1.87. The van der Waals surface area contributed by atoms with Crippen molar-refractivity contribution in [3.8, 4) is 0 Å². The Kier molecular flexibility index (Phi) is 8.97. The third kappa shape index (κ3) is 6.89. The number of nitrogens with zero attached hydrogens (tertiary/aromatic N) is 2. The van der Waals surface area contributed by atoms with Crippen LogP contribution in [0.15, 0.2) is 28.3 Å². The zero-order valence-corrected chi connectivity index (χ0v) is 18.6. The fourth-order valence-corrected chi connectivity index (χ4v) is 5.75. The lowest BCUT2D eigenvalue weighted by molar-refractivity contribution is 0.413. The van der Waals surface area contributed by atoms with Gasteiger partial charge in [0.25, 0.3) is 0 Å². The summed E-state index contributed by atoms with van der Waals surface area (Å²) in [4.78, 5) is 4.74. The lowest BCUT2D eigenvalue weighted by Crippen LogP contribution is -2.47. The molecule has 3 atom stereocenters. The molecule has 1 heterocycles. The van der Waals surface area contributed by atoms with Gasteiger partial charge in [-0.25, -0.2) is 13.1 Å². The van der Waals surface area contributed by atoms with Gasteiger partial charge in [0, 0.05) is 60.4 Å². The molecule has 1 aliphatic carbocycles. The van der Waals surface area contributed by atoms with Crippen molar-refractivity contribution in [2.75, 3.05) is 25.4 Å². The number of aryl methyl sites for hydroxylation is 1. The molecule has 1 aromatic heterocycles. The van der Waals surface area contributed by atoms with Crippen LogP contribution in [0.3, 0.4) is 0 Å². The van der Waals surface area contributed by atoms with E-state index in [0.717, 1.165) is 32.2 Å². The highest BCUT2D eigenvalue weighted by atomic mass is 32.2. The summed E-state index contributed by atoms with van der Waals surface area (Å²) in [5.41, 5.74) is 0. The van der Waals surface area contributed by atoms with E-state index in [2.05, 4.69) is 20.3 Å². The first-order valence-electron chi connectivity index (χ1n) is 9.89. The van der Waals surface area contributed by atoms with Crippen molar-refractivity contribution in [1.82, 2.24) is 19.9 Å². The van der Waals surface area contributed by atoms with Crippen molar-refractivity contribution in [1.29, 1.82) is 0 Å². The largest absolute Gasteiger partial charge is 0.357 e. The van der Waals surface area contributed by atoms with Crippen LogP contribution in [0.4, 0.5) is 0 Å². The molecule has 0 aliphatic heterocycles. The molecule has 0 radical (unpaired) electrons. The van der Waals surface area contributed by atoms with Crippen molar-refractivity contribution >= 4 is 26.8 Å². The van der Waals surface area contributed by atoms with Crippen LogP contribution in [0.5, 0.6) is 0 Å². The number of sulfonamides is 1. The Morgan fingerprint density at radius 2 is 2.14 bits per heavy atom. The third-order valence-corrected chi connectivity index (χ3v) is 7.94. The van der Waals surface area contributed by atoms with Gasteiger partial charge in [-0.1, -0.05) is 13.3 Å². The topological polar surface area (TPSA) is 105 Å². The number of hydrogen-bond donors (Lipinski definition) is 3. The van der Waals surface area contributed by atoms with E-state index >= 15 is 0 Å². The number of rotatable bonds is 9. The van der Waals surface area contributed by atoms with Crippen molar-refractivity contribution in [3.05, 3.63) is 18.5 Å². The Labute approximate surface area is 171 Å². The highest BCUT2D eigenvalue weighted by Crippen LogP contribution is 2.22. The summed E-state index contributed by atoms with van der Waals surface area (Å²) in [5, 5.41) is 6.87. The number of hydrogen-bond acceptors (Lipinski definition) is 4. The Bertz CT molecular complexity index is 776. The van der Waals surface area contributed by atoms with Gasteiger partial charge in [0.15, 0.2) is 5.96 Å². The second kappa shape index (κ2) is 11.0. The van der Waals surface area contributed by atoms with Gasteiger partial charge in [-0.05, 0) is 32.3 Å². The molecule has 28 heavy (non-hydrogen) atoms. The van der Waals surface area contributed by atoms with Crippen LogP contribution >= 0.6 is 0 Å². The second-order valence-corrected chi connectivity index (χ2v) is 10.7. The lowest BCUT2D eigenvalue weighted by Gasteiger charge is -2.30. The Morgan fingerprint density at radius 3 is 2.79 bits per heavy atom. The van der Waals surface area contributed by atoms with E-state index in [1.165, 1.54) is 0 Å². The number of nitrogens with one attached hydrogen (secondary N) is 3. The molecule has 0 saturated heterocycles. The molecule has 3 N–H and O–H groups in total. The summed E-state index contributed by atoms with van der Waals surface area (Å²) in [7, 11) is -2.49. The van der Waals surface area contributed by atoms with E-state index in [4.69, 9.17) is 0 Å². The van der Waals surface area contributed by atoms with Crippen LogP contribution in [0.25, 0.3) is 0 Å². The predicted molar refractivity (Wildman–Crippen MR) is 114 cm³/mol. The normalized spacial score (nSPS) is 22.0. The van der Waals surface area contributed by atoms with E-state index in [1.54, 1.807) is 30.1 Å². The van der Waals surface area contributed by atoms with Gasteiger partial charge in [-0.2, -0.15) is 0 Å². The van der Waals surface area contributed by atoms with Crippen molar-refractivity contribution in [2.24, 2.45) is 12.0 Å². The van der Waals surface area contributed by atoms with Gasteiger partial charge in [0.1, 0.15) is 0 Å². The lowest BCUT2D eigenvalue weighted by atomic mass is 9.95. The average Bonchev–Trinajstić information content (AvgIpc) is 3.12. The van der Waals surface area contributed by atoms with Crippen molar-refractivity contribution in [3.63, 3.8) is 0 Å². The van der Waals surface area contributed by atoms with E-state index in [-0.39, 0.29) is 22.7 Å². The molecule has 2 rings (SSSR count). The quantitative estimate of drug-likeness (QED) is 0.307. The zero-order valence-electron chi connectivity index (χ0n) is 17.0. The van der Waals surface area contributed by atoms with Crippen LogP contribution in [0.2, 0.25) is 0 Å². The predicted octanol–water partition coefficient (Wildman–Crippen LogP) is 0.938. The van der Waals surface area contributed by atoms with Gasteiger partial charge in [0.05, 0.1) is 11.4 Å². The maximum atomic E-state index is 12.2. The molecule has 0 bridgehead atoms. The van der Waals surface area contributed by atoms with Crippen LogP contribution in [-0.4, -0.2) is 59.8 Å². The number of aromatic nitrogens is 1. The molecule has 3 unspecified atom stereocenters. The van der Waals surface area contributed by atoms with Gasteiger partial charge >= 0.3 is 0 Å². The standard InChI is InChI=1S/C18H33N5O3S2/c1-4-19-18(22-15-7-6-8-16(13-15)27(24)5-2)20-10-11-21-28(25,26)17-9-12-23(3)14-17/h9,12,14-16,21H,4-8,10-11,13H2,1-3H3,(H2,19,20,22). The molecule has 8 nitrogen and oxygen atoms in total. The molecule has 0 spiro atoms. The first-order valence-corrected chi connectivity index (χ1v) is 12.8. The SMILES string of the molecule is CCNC(=NCCNS(=O)(=O)c1ccn(C)c1)NC1CCCC(S(=O)CC)C1. The Hall–Kier alpha value is -1.39.